The molecule has 1 aromatic rings. The van der Waals surface area contributed by atoms with Crippen molar-refractivity contribution in [1.29, 1.82) is 0 Å². The lowest BCUT2D eigenvalue weighted by Gasteiger charge is -2.35. The molecule has 0 aromatic heterocycles. The highest BCUT2D eigenvalue weighted by Crippen LogP contribution is 2.52. The van der Waals surface area contributed by atoms with Crippen LogP contribution in [0.15, 0.2) is 47.8 Å². The first-order chi connectivity index (χ1) is 16.0. The number of carbonyl (C=O) groups is 1. The van der Waals surface area contributed by atoms with Gasteiger partial charge in [-0.2, -0.15) is 0 Å². The first kappa shape index (κ1) is 20.9. The summed E-state index contributed by atoms with van der Waals surface area (Å²) in [7, 11) is 0. The summed E-state index contributed by atoms with van der Waals surface area (Å²) in [6, 6.07) is 4.24. The molecule has 0 bridgehead atoms. The van der Waals surface area contributed by atoms with Crippen LogP contribution in [0.1, 0.15) is 43.4 Å². The second kappa shape index (κ2) is 8.00. The van der Waals surface area contributed by atoms with E-state index in [1.807, 2.05) is 12.2 Å². The van der Waals surface area contributed by atoms with Crippen LogP contribution in [0.3, 0.4) is 0 Å². The number of benzene rings is 1. The monoisotopic (exact) mass is 446 g/mol. The van der Waals surface area contributed by atoms with E-state index in [-0.39, 0.29) is 23.9 Å². The lowest BCUT2D eigenvalue weighted by atomic mass is 9.67. The molecule has 1 aromatic carbocycles. The highest BCUT2D eigenvalue weighted by molar-refractivity contribution is 6.00. The predicted molar refractivity (Wildman–Crippen MR) is 126 cm³/mol. The molecule has 0 radical (unpaired) electrons. The summed E-state index contributed by atoms with van der Waals surface area (Å²) in [5.74, 6) is 2.15. The number of allylic oxidation sites excluding steroid dienone is 6. The smallest absolute Gasteiger partial charge is 0.166 e. The molecule has 33 heavy (non-hydrogen) atoms. The number of hydrogen-bond donors (Lipinski definition) is 0. The minimum Gasteiger partial charge on any atom is -0.494 e. The molecule has 5 nitrogen and oxygen atoms in total. The molecule has 3 aliphatic carbocycles. The first-order valence-corrected chi connectivity index (χ1v) is 12.0. The Morgan fingerprint density at radius 2 is 1.85 bits per heavy atom. The zero-order chi connectivity index (χ0) is 22.6. The van der Waals surface area contributed by atoms with E-state index in [1.54, 1.807) is 6.08 Å². The van der Waals surface area contributed by atoms with Gasteiger partial charge in [-0.1, -0.05) is 42.9 Å². The van der Waals surface area contributed by atoms with E-state index in [4.69, 9.17) is 18.9 Å². The standard InChI is InChI=1S/C28H30O5/c1-17-9-19-6-7-24(32-15-20-13-30-20)22-11-18(2)28(8-4-3-5-26(28)29)12-23(27(19)22)25(10-17)33-16-21-14-31-21/h3-9,18,20-21H,10-16H2,1-2H3. The largest absolute Gasteiger partial charge is 0.494 e. The van der Waals surface area contributed by atoms with Gasteiger partial charge < -0.3 is 18.9 Å². The summed E-state index contributed by atoms with van der Waals surface area (Å²) in [6.07, 6.45) is 12.5. The van der Waals surface area contributed by atoms with Crippen LogP contribution in [0.25, 0.3) is 11.6 Å². The normalized spacial score (nSPS) is 31.6. The molecule has 1 spiro atoms. The lowest BCUT2D eigenvalue weighted by molar-refractivity contribution is -0.123. The van der Waals surface area contributed by atoms with Crippen LogP contribution >= 0.6 is 0 Å². The van der Waals surface area contributed by atoms with Crippen molar-refractivity contribution in [3.05, 3.63) is 64.5 Å². The number of rotatable bonds is 6. The van der Waals surface area contributed by atoms with Crippen molar-refractivity contribution >= 4 is 17.4 Å². The Morgan fingerprint density at radius 3 is 2.58 bits per heavy atom. The average molecular weight is 447 g/mol. The molecule has 4 atom stereocenters. The van der Waals surface area contributed by atoms with Crippen molar-refractivity contribution in [2.24, 2.45) is 11.3 Å². The maximum Gasteiger partial charge on any atom is 0.166 e. The Kier molecular flexibility index (Phi) is 5.07. The Morgan fingerprint density at radius 1 is 1.09 bits per heavy atom. The second-order valence-electron chi connectivity index (χ2n) is 10.0. The Bertz CT molecular complexity index is 1120. The van der Waals surface area contributed by atoms with E-state index in [2.05, 4.69) is 38.1 Å². The number of ether oxygens (including phenoxy) is 4. The molecule has 2 heterocycles. The van der Waals surface area contributed by atoms with Crippen LogP contribution in [-0.4, -0.2) is 44.4 Å². The van der Waals surface area contributed by atoms with E-state index in [0.29, 0.717) is 19.6 Å². The van der Waals surface area contributed by atoms with Crippen LogP contribution < -0.4 is 4.74 Å². The summed E-state index contributed by atoms with van der Waals surface area (Å²) in [5.41, 5.74) is 5.35. The van der Waals surface area contributed by atoms with Gasteiger partial charge in [-0.3, -0.25) is 4.79 Å². The van der Waals surface area contributed by atoms with E-state index in [1.165, 1.54) is 22.3 Å². The molecule has 4 unspecified atom stereocenters. The number of hydrogen-bond acceptors (Lipinski definition) is 5. The number of ketones is 1. The van der Waals surface area contributed by atoms with Crippen molar-refractivity contribution in [2.75, 3.05) is 26.4 Å². The fourth-order valence-corrected chi connectivity index (χ4v) is 5.42. The fourth-order valence-electron chi connectivity index (χ4n) is 5.42. The van der Waals surface area contributed by atoms with Gasteiger partial charge >= 0.3 is 0 Å². The Hall–Kier alpha value is -2.63. The fraction of sp³-hybridized carbons (Fsp3) is 0.464. The maximum atomic E-state index is 13.4. The summed E-state index contributed by atoms with van der Waals surface area (Å²) in [4.78, 5) is 13.4. The van der Waals surface area contributed by atoms with E-state index < -0.39 is 5.41 Å². The summed E-state index contributed by atoms with van der Waals surface area (Å²) >= 11 is 0. The molecule has 6 rings (SSSR count). The molecule has 172 valence electrons. The molecule has 5 aliphatic rings. The Labute approximate surface area is 194 Å². The van der Waals surface area contributed by atoms with Gasteiger partial charge in [-0.15, -0.1) is 0 Å². The van der Waals surface area contributed by atoms with Gasteiger partial charge in [0.15, 0.2) is 5.78 Å². The highest BCUT2D eigenvalue weighted by Gasteiger charge is 2.46. The van der Waals surface area contributed by atoms with Crippen LogP contribution in [0.4, 0.5) is 0 Å². The average Bonchev–Trinajstić information content (AvgIpc) is 3.69. The van der Waals surface area contributed by atoms with Gasteiger partial charge in [-0.25, -0.2) is 0 Å². The third-order valence-electron chi connectivity index (χ3n) is 7.52. The van der Waals surface area contributed by atoms with Gasteiger partial charge in [-0.05, 0) is 54.5 Å². The van der Waals surface area contributed by atoms with Gasteiger partial charge in [0.1, 0.15) is 36.9 Å². The molecule has 5 heteroatoms. The molecule has 2 aliphatic heterocycles. The van der Waals surface area contributed by atoms with Gasteiger partial charge in [0, 0.05) is 12.0 Å². The third-order valence-corrected chi connectivity index (χ3v) is 7.52. The lowest BCUT2D eigenvalue weighted by Crippen LogP contribution is -2.36. The third kappa shape index (κ3) is 3.87. The van der Waals surface area contributed by atoms with Crippen molar-refractivity contribution in [3.8, 4) is 5.75 Å². The van der Waals surface area contributed by atoms with Crippen molar-refractivity contribution in [2.45, 2.75) is 45.3 Å². The van der Waals surface area contributed by atoms with Crippen LogP contribution in [0.2, 0.25) is 0 Å². The molecule has 2 fully saturated rings. The molecule has 0 amide bonds. The summed E-state index contributed by atoms with van der Waals surface area (Å²) < 4.78 is 23.5. The first-order valence-electron chi connectivity index (χ1n) is 12.0. The van der Waals surface area contributed by atoms with Crippen LogP contribution in [0.5, 0.6) is 5.75 Å². The molecular weight excluding hydrogens is 416 g/mol. The number of carbonyl (C=O) groups excluding carboxylic acids is 1. The molecule has 2 saturated heterocycles. The molecule has 0 saturated carbocycles. The zero-order valence-corrected chi connectivity index (χ0v) is 19.3. The maximum absolute atomic E-state index is 13.4. The summed E-state index contributed by atoms with van der Waals surface area (Å²) in [6.45, 7) is 6.98. The molecular formula is C28H30O5. The highest BCUT2D eigenvalue weighted by atomic mass is 16.6. The van der Waals surface area contributed by atoms with Gasteiger partial charge in [0.05, 0.1) is 18.6 Å². The topological polar surface area (TPSA) is 60.6 Å². The number of epoxide rings is 2. The summed E-state index contributed by atoms with van der Waals surface area (Å²) in [5, 5.41) is 0. The van der Waals surface area contributed by atoms with Crippen LogP contribution in [0, 0.1) is 11.3 Å². The van der Waals surface area contributed by atoms with Crippen molar-refractivity contribution < 1.29 is 23.7 Å². The van der Waals surface area contributed by atoms with E-state index in [0.717, 1.165) is 43.1 Å². The minimum atomic E-state index is -0.583. The molecule has 0 N–H and O–H groups in total. The second-order valence-corrected chi connectivity index (χ2v) is 10.0. The van der Waals surface area contributed by atoms with Crippen molar-refractivity contribution in [3.63, 3.8) is 0 Å². The van der Waals surface area contributed by atoms with Gasteiger partial charge in [0.25, 0.3) is 0 Å². The SMILES string of the molecule is CC1=Cc2ccc(OCC3CO3)c3c2C(=C(OCC2CO2)C1)CC1(C=CC=CC1=O)C(C)C3. The van der Waals surface area contributed by atoms with Crippen molar-refractivity contribution in [1.82, 2.24) is 0 Å². The van der Waals surface area contributed by atoms with Gasteiger partial charge in [0.2, 0.25) is 0 Å². The minimum absolute atomic E-state index is 0.120. The van der Waals surface area contributed by atoms with E-state index >= 15 is 0 Å². The predicted octanol–water partition coefficient (Wildman–Crippen LogP) is 4.66. The zero-order valence-electron chi connectivity index (χ0n) is 19.3. The van der Waals surface area contributed by atoms with E-state index in [9.17, 15) is 4.79 Å². The Balaban J connectivity index is 1.52. The quantitative estimate of drug-likeness (QED) is 0.595. The van der Waals surface area contributed by atoms with Crippen LogP contribution in [-0.2, 0) is 25.4 Å².